The first-order valence-electron chi connectivity index (χ1n) is 6.65. The number of carbonyl (C=O) groups is 1. The van der Waals surface area contributed by atoms with Gasteiger partial charge in [-0.15, -0.1) is 0 Å². The lowest BCUT2D eigenvalue weighted by atomic mass is 10.0. The molecule has 1 aromatic carbocycles. The van der Waals surface area contributed by atoms with Crippen molar-refractivity contribution in [3.63, 3.8) is 0 Å². The summed E-state index contributed by atoms with van der Waals surface area (Å²) >= 11 is 0. The van der Waals surface area contributed by atoms with Crippen LogP contribution in [0.25, 0.3) is 0 Å². The fourth-order valence-electron chi connectivity index (χ4n) is 2.49. The van der Waals surface area contributed by atoms with Crippen molar-refractivity contribution in [2.75, 3.05) is 19.6 Å². The number of nitro groups is 1. The van der Waals surface area contributed by atoms with E-state index in [4.69, 9.17) is 0 Å². The molecular formula is C14H18N2O4. The Bertz CT molecular complexity index is 516. The fourth-order valence-corrected chi connectivity index (χ4v) is 2.49. The number of hydrogen-bond donors (Lipinski definition) is 1. The summed E-state index contributed by atoms with van der Waals surface area (Å²) in [5.41, 5.74) is 0.291. The summed E-state index contributed by atoms with van der Waals surface area (Å²) in [6.45, 7) is 3.47. The van der Waals surface area contributed by atoms with E-state index in [9.17, 15) is 20.0 Å². The fraction of sp³-hybridized carbons (Fsp3) is 0.500. The van der Waals surface area contributed by atoms with E-state index in [1.165, 1.54) is 18.2 Å². The molecule has 6 nitrogen and oxygen atoms in total. The molecule has 2 atom stereocenters. The lowest BCUT2D eigenvalue weighted by Crippen LogP contribution is -2.29. The molecular weight excluding hydrogens is 260 g/mol. The van der Waals surface area contributed by atoms with Crippen LogP contribution in [0.15, 0.2) is 24.3 Å². The van der Waals surface area contributed by atoms with Crippen molar-refractivity contribution < 1.29 is 14.8 Å². The van der Waals surface area contributed by atoms with Gasteiger partial charge in [0.25, 0.3) is 5.69 Å². The van der Waals surface area contributed by atoms with Crippen molar-refractivity contribution in [1.82, 2.24) is 4.90 Å². The molecule has 0 radical (unpaired) electrons. The summed E-state index contributed by atoms with van der Waals surface area (Å²) < 4.78 is 0. The minimum absolute atomic E-state index is 0.0703. The smallest absolute Gasteiger partial charge is 0.270 e. The number of nitrogens with zero attached hydrogens (tertiary/aromatic N) is 2. The maximum Gasteiger partial charge on any atom is 0.270 e. The first-order valence-corrected chi connectivity index (χ1v) is 6.65. The van der Waals surface area contributed by atoms with E-state index in [-0.39, 0.29) is 30.0 Å². The summed E-state index contributed by atoms with van der Waals surface area (Å²) in [6.07, 6.45) is 0.507. The number of likely N-dealkylation sites (tertiary alicyclic amines) is 1. The minimum atomic E-state index is -0.504. The molecule has 6 heteroatoms. The van der Waals surface area contributed by atoms with Gasteiger partial charge in [-0.1, -0.05) is 12.1 Å². The molecule has 1 aliphatic rings. The zero-order valence-electron chi connectivity index (χ0n) is 11.4. The minimum Gasteiger partial charge on any atom is -0.393 e. The van der Waals surface area contributed by atoms with Crippen molar-refractivity contribution >= 4 is 11.5 Å². The monoisotopic (exact) mass is 278 g/mol. The Morgan fingerprint density at radius 3 is 2.95 bits per heavy atom. The number of benzene rings is 1. The van der Waals surface area contributed by atoms with Gasteiger partial charge in [-0.2, -0.15) is 0 Å². The second-order valence-electron chi connectivity index (χ2n) is 5.26. The average molecular weight is 278 g/mol. The second-order valence-corrected chi connectivity index (χ2v) is 5.26. The maximum atomic E-state index is 12.1. The Hall–Kier alpha value is -1.79. The van der Waals surface area contributed by atoms with Gasteiger partial charge in [0.2, 0.25) is 0 Å². The number of carbonyl (C=O) groups excluding carboxylic acids is 1. The van der Waals surface area contributed by atoms with Crippen LogP contribution in [-0.4, -0.2) is 46.5 Å². The van der Waals surface area contributed by atoms with Crippen LogP contribution in [0.3, 0.4) is 0 Å². The van der Waals surface area contributed by atoms with Gasteiger partial charge in [0.1, 0.15) is 0 Å². The van der Waals surface area contributed by atoms with Crippen LogP contribution in [0.1, 0.15) is 23.7 Å². The number of non-ortho nitro benzene ring substituents is 1. The average Bonchev–Trinajstić information content (AvgIpc) is 2.87. The Morgan fingerprint density at radius 1 is 1.60 bits per heavy atom. The van der Waals surface area contributed by atoms with Crippen LogP contribution in [0.5, 0.6) is 0 Å². The number of aliphatic hydroxyl groups excluding tert-OH is 1. The van der Waals surface area contributed by atoms with Crippen molar-refractivity contribution in [2.24, 2.45) is 5.92 Å². The van der Waals surface area contributed by atoms with E-state index >= 15 is 0 Å². The highest BCUT2D eigenvalue weighted by atomic mass is 16.6. The van der Waals surface area contributed by atoms with E-state index in [1.54, 1.807) is 13.0 Å². The molecule has 20 heavy (non-hydrogen) atoms. The molecule has 1 N–H and O–H groups in total. The molecule has 0 spiro atoms. The van der Waals surface area contributed by atoms with Crippen LogP contribution >= 0.6 is 0 Å². The van der Waals surface area contributed by atoms with Crippen molar-refractivity contribution in [3.8, 4) is 0 Å². The highest BCUT2D eigenvalue weighted by molar-refractivity contribution is 5.98. The summed E-state index contributed by atoms with van der Waals surface area (Å²) in [7, 11) is 0. The van der Waals surface area contributed by atoms with E-state index in [1.807, 2.05) is 4.90 Å². The molecule has 0 aromatic heterocycles. The van der Waals surface area contributed by atoms with Gasteiger partial charge in [-0.3, -0.25) is 19.8 Å². The molecule has 2 rings (SSSR count). The van der Waals surface area contributed by atoms with Gasteiger partial charge in [0.15, 0.2) is 5.78 Å². The molecule has 1 aromatic rings. The van der Waals surface area contributed by atoms with Crippen molar-refractivity contribution in [1.29, 1.82) is 0 Å². The van der Waals surface area contributed by atoms with E-state index in [0.29, 0.717) is 12.1 Å². The standard InChI is InChI=1S/C14H18N2O4/c1-10(17)12-5-6-15(8-12)9-14(18)11-3-2-4-13(7-11)16(19)20/h2-4,7,10,12,17H,5-6,8-9H2,1H3. The van der Waals surface area contributed by atoms with E-state index < -0.39 is 4.92 Å². The molecule has 1 heterocycles. The van der Waals surface area contributed by atoms with Gasteiger partial charge < -0.3 is 5.11 Å². The number of nitro benzene ring substituents is 1. The third kappa shape index (κ3) is 3.40. The first kappa shape index (κ1) is 14.6. The van der Waals surface area contributed by atoms with Crippen molar-refractivity contribution in [2.45, 2.75) is 19.4 Å². The number of aliphatic hydroxyl groups is 1. The topological polar surface area (TPSA) is 83.7 Å². The Balaban J connectivity index is 1.99. The zero-order chi connectivity index (χ0) is 14.7. The van der Waals surface area contributed by atoms with Crippen LogP contribution in [-0.2, 0) is 0 Å². The summed E-state index contributed by atoms with van der Waals surface area (Å²) in [5.74, 6) is 0.0767. The van der Waals surface area contributed by atoms with Gasteiger partial charge >= 0.3 is 0 Å². The third-order valence-corrected chi connectivity index (χ3v) is 3.74. The largest absolute Gasteiger partial charge is 0.393 e. The predicted octanol–water partition coefficient (Wildman–Crippen LogP) is 1.48. The van der Waals surface area contributed by atoms with Crippen LogP contribution in [0.2, 0.25) is 0 Å². The van der Waals surface area contributed by atoms with Gasteiger partial charge in [0, 0.05) is 24.2 Å². The van der Waals surface area contributed by atoms with Gasteiger partial charge in [-0.05, 0) is 25.8 Å². The lowest BCUT2D eigenvalue weighted by molar-refractivity contribution is -0.384. The van der Waals surface area contributed by atoms with E-state index in [2.05, 4.69) is 0 Å². The number of Topliss-reactive ketones (excluding diaryl/α,β-unsaturated/α-hetero) is 1. The highest BCUT2D eigenvalue weighted by Crippen LogP contribution is 2.20. The zero-order valence-corrected chi connectivity index (χ0v) is 11.4. The number of rotatable bonds is 5. The summed E-state index contributed by atoms with van der Waals surface area (Å²) in [5, 5.41) is 20.2. The van der Waals surface area contributed by atoms with Gasteiger partial charge in [-0.25, -0.2) is 0 Å². The summed E-state index contributed by atoms with van der Waals surface area (Å²) in [4.78, 5) is 24.3. The van der Waals surface area contributed by atoms with Crippen LogP contribution in [0.4, 0.5) is 5.69 Å². The number of hydrogen-bond acceptors (Lipinski definition) is 5. The van der Waals surface area contributed by atoms with E-state index in [0.717, 1.165) is 13.0 Å². The first-order chi connectivity index (χ1) is 9.47. The summed E-state index contributed by atoms with van der Waals surface area (Å²) in [6, 6.07) is 5.80. The third-order valence-electron chi connectivity index (χ3n) is 3.74. The van der Waals surface area contributed by atoms with Crippen LogP contribution in [0, 0.1) is 16.0 Å². The maximum absolute atomic E-state index is 12.1. The molecule has 0 amide bonds. The highest BCUT2D eigenvalue weighted by Gasteiger charge is 2.27. The second kappa shape index (κ2) is 6.11. The Kier molecular flexibility index (Phi) is 4.46. The van der Waals surface area contributed by atoms with Crippen molar-refractivity contribution in [3.05, 3.63) is 39.9 Å². The number of ketones is 1. The molecule has 2 unspecified atom stereocenters. The Labute approximate surface area is 117 Å². The SMILES string of the molecule is CC(O)C1CCN(CC(=O)c2cccc([N+](=O)[O-])c2)C1. The molecule has 1 saturated heterocycles. The molecule has 0 bridgehead atoms. The molecule has 0 aliphatic carbocycles. The molecule has 108 valence electrons. The predicted molar refractivity (Wildman–Crippen MR) is 73.7 cm³/mol. The quantitative estimate of drug-likeness (QED) is 0.501. The molecule has 1 fully saturated rings. The van der Waals surface area contributed by atoms with Gasteiger partial charge in [0.05, 0.1) is 17.6 Å². The molecule has 1 aliphatic heterocycles. The normalized spacial score (nSPS) is 20.8. The molecule has 0 saturated carbocycles. The van der Waals surface area contributed by atoms with Crippen LogP contribution < -0.4 is 0 Å². The Morgan fingerprint density at radius 2 is 2.35 bits per heavy atom. The lowest BCUT2D eigenvalue weighted by Gasteiger charge is -2.16.